The third kappa shape index (κ3) is 8.45. The van der Waals surface area contributed by atoms with Crippen molar-refractivity contribution in [2.75, 3.05) is 10.8 Å². The van der Waals surface area contributed by atoms with E-state index in [1.165, 1.54) is 23.1 Å². The van der Waals surface area contributed by atoms with Crippen molar-refractivity contribution < 1.29 is 18.0 Å². The lowest BCUT2D eigenvalue weighted by atomic mass is 10.0. The van der Waals surface area contributed by atoms with E-state index in [0.29, 0.717) is 10.0 Å². The number of nitrogens with one attached hydrogen (secondary N) is 1. The van der Waals surface area contributed by atoms with Crippen molar-refractivity contribution in [2.45, 2.75) is 55.6 Å². The van der Waals surface area contributed by atoms with Crippen molar-refractivity contribution >= 4 is 50.7 Å². The Hall–Kier alpha value is -3.85. The first-order valence-electron chi connectivity index (χ1n) is 14.9. The number of rotatable bonds is 12. The number of hydrogen-bond acceptors (Lipinski definition) is 4. The van der Waals surface area contributed by atoms with Crippen molar-refractivity contribution in [1.82, 2.24) is 10.2 Å². The van der Waals surface area contributed by atoms with Crippen molar-refractivity contribution in [1.29, 1.82) is 0 Å². The minimum atomic E-state index is -4.19. The molecule has 10 heteroatoms. The van der Waals surface area contributed by atoms with E-state index in [4.69, 9.17) is 23.2 Å². The summed E-state index contributed by atoms with van der Waals surface area (Å²) in [5.41, 5.74) is 1.86. The molecule has 234 valence electrons. The molecule has 0 radical (unpaired) electrons. The first kappa shape index (κ1) is 32.5. The first-order chi connectivity index (χ1) is 21.7. The van der Waals surface area contributed by atoms with Crippen LogP contribution in [0.3, 0.4) is 0 Å². The molecule has 1 saturated carbocycles. The molecule has 1 N–H and O–H groups in total. The summed E-state index contributed by atoms with van der Waals surface area (Å²) < 4.78 is 29.1. The molecule has 1 aliphatic carbocycles. The summed E-state index contributed by atoms with van der Waals surface area (Å²) in [7, 11) is -4.19. The Morgan fingerprint density at radius 2 is 1.42 bits per heavy atom. The van der Waals surface area contributed by atoms with E-state index in [9.17, 15) is 18.0 Å². The van der Waals surface area contributed by atoms with Gasteiger partial charge in [0, 0.05) is 29.1 Å². The fourth-order valence-corrected chi connectivity index (χ4v) is 7.33. The summed E-state index contributed by atoms with van der Waals surface area (Å²) >= 11 is 12.4. The van der Waals surface area contributed by atoms with Gasteiger partial charge in [-0.2, -0.15) is 0 Å². The highest BCUT2D eigenvalue weighted by atomic mass is 35.5. The van der Waals surface area contributed by atoms with Crippen LogP contribution in [0, 0.1) is 0 Å². The molecule has 0 bridgehead atoms. The molecular formula is C35H35Cl2N3O4S. The largest absolute Gasteiger partial charge is 0.352 e. The third-order valence-electron chi connectivity index (χ3n) is 7.95. The van der Waals surface area contributed by atoms with Crippen LogP contribution in [0.25, 0.3) is 0 Å². The number of carbonyl (C=O) groups excluding carboxylic acids is 2. The molecule has 2 amide bonds. The molecule has 4 aromatic carbocycles. The molecule has 0 aliphatic heterocycles. The van der Waals surface area contributed by atoms with Gasteiger partial charge in [0.15, 0.2) is 0 Å². The zero-order valence-corrected chi connectivity index (χ0v) is 27.0. The maximum absolute atomic E-state index is 14.5. The Morgan fingerprint density at radius 1 is 0.778 bits per heavy atom. The predicted octanol–water partition coefficient (Wildman–Crippen LogP) is 6.89. The maximum atomic E-state index is 14.5. The minimum absolute atomic E-state index is 0.0295. The second-order valence-corrected chi connectivity index (χ2v) is 13.9. The Kier molecular flexibility index (Phi) is 10.8. The average Bonchev–Trinajstić information content (AvgIpc) is 3.56. The number of carbonyl (C=O) groups is 2. The Bertz CT molecular complexity index is 1700. The van der Waals surface area contributed by atoms with E-state index < -0.39 is 28.5 Å². The molecule has 0 saturated heterocycles. The van der Waals surface area contributed by atoms with Gasteiger partial charge in [-0.15, -0.1) is 0 Å². The van der Waals surface area contributed by atoms with E-state index in [1.807, 2.05) is 30.3 Å². The molecule has 0 aromatic heterocycles. The van der Waals surface area contributed by atoms with E-state index in [1.54, 1.807) is 60.7 Å². The van der Waals surface area contributed by atoms with E-state index in [-0.39, 0.29) is 35.5 Å². The lowest BCUT2D eigenvalue weighted by molar-refractivity contribution is -0.140. The van der Waals surface area contributed by atoms with Crippen molar-refractivity contribution in [3.05, 3.63) is 130 Å². The lowest BCUT2D eigenvalue weighted by Crippen LogP contribution is -2.54. The van der Waals surface area contributed by atoms with E-state index in [2.05, 4.69) is 5.32 Å². The third-order valence-corrected chi connectivity index (χ3v) is 10.2. The highest BCUT2D eigenvalue weighted by Crippen LogP contribution is 2.27. The molecule has 45 heavy (non-hydrogen) atoms. The fraction of sp³-hybridized carbons (Fsp3) is 0.257. The van der Waals surface area contributed by atoms with Crippen molar-refractivity contribution in [3.8, 4) is 0 Å². The Morgan fingerprint density at radius 3 is 2.07 bits per heavy atom. The van der Waals surface area contributed by atoms with Crippen LogP contribution < -0.4 is 9.62 Å². The fourth-order valence-electron chi connectivity index (χ4n) is 5.59. The average molecular weight is 665 g/mol. The van der Waals surface area contributed by atoms with Crippen molar-refractivity contribution in [3.63, 3.8) is 0 Å². The zero-order chi connectivity index (χ0) is 31.8. The summed E-state index contributed by atoms with van der Waals surface area (Å²) in [6, 6.07) is 30.0. The van der Waals surface area contributed by atoms with Crippen LogP contribution in [0.1, 0.15) is 36.8 Å². The van der Waals surface area contributed by atoms with Crippen LogP contribution in [-0.4, -0.2) is 43.8 Å². The number of hydrogen-bond donors (Lipinski definition) is 1. The van der Waals surface area contributed by atoms with Crippen LogP contribution in [0.15, 0.2) is 114 Å². The van der Waals surface area contributed by atoms with Gasteiger partial charge in [-0.25, -0.2) is 8.42 Å². The molecular weight excluding hydrogens is 629 g/mol. The molecule has 1 fully saturated rings. The van der Waals surface area contributed by atoms with E-state index >= 15 is 0 Å². The zero-order valence-electron chi connectivity index (χ0n) is 24.7. The van der Waals surface area contributed by atoms with Gasteiger partial charge in [-0.05, 0) is 66.4 Å². The lowest BCUT2D eigenvalue weighted by Gasteiger charge is -2.34. The molecule has 0 spiro atoms. The van der Waals surface area contributed by atoms with Gasteiger partial charge in [0.2, 0.25) is 11.8 Å². The van der Waals surface area contributed by atoms with Gasteiger partial charge in [-0.1, -0.05) is 103 Å². The summed E-state index contributed by atoms with van der Waals surface area (Å²) in [5, 5.41) is 4.04. The maximum Gasteiger partial charge on any atom is 0.264 e. The SMILES string of the molecule is O=C(NC1CCCC1)[C@H](Cc1ccccc1)N(Cc1ccc(Cl)cc1)C(=O)CN(c1cccc(Cl)c1)S(=O)(=O)c1ccccc1. The van der Waals surface area contributed by atoms with Gasteiger partial charge in [0.05, 0.1) is 10.6 Å². The topological polar surface area (TPSA) is 86.8 Å². The standard InChI is InChI=1S/C35H35Cl2N3O4S/c36-28-20-18-27(19-21-28)24-39(33(22-26-10-3-1-4-11-26)35(42)38-30-13-7-8-14-30)34(41)25-40(31-15-9-12-29(37)23-31)45(43,44)32-16-5-2-6-17-32/h1-6,9-12,15-21,23,30,33H,7-8,13-14,22,24-25H2,(H,38,42)/t33-/m0/s1. The van der Waals surface area contributed by atoms with Gasteiger partial charge >= 0.3 is 0 Å². The Balaban J connectivity index is 1.56. The van der Waals surface area contributed by atoms with Crippen LogP contribution in [0.4, 0.5) is 5.69 Å². The number of anilines is 1. The summed E-state index contributed by atoms with van der Waals surface area (Å²) in [4.78, 5) is 30.1. The normalized spacial score (nSPS) is 14.1. The Labute approximate surface area is 274 Å². The van der Waals surface area contributed by atoms with Crippen LogP contribution in [-0.2, 0) is 32.6 Å². The van der Waals surface area contributed by atoms with Gasteiger partial charge in [0.25, 0.3) is 10.0 Å². The first-order valence-corrected chi connectivity index (χ1v) is 17.1. The van der Waals surface area contributed by atoms with Gasteiger partial charge in [0.1, 0.15) is 12.6 Å². The smallest absolute Gasteiger partial charge is 0.264 e. The van der Waals surface area contributed by atoms with Crippen LogP contribution in [0.2, 0.25) is 10.0 Å². The minimum Gasteiger partial charge on any atom is -0.352 e. The highest BCUT2D eigenvalue weighted by molar-refractivity contribution is 7.92. The van der Waals surface area contributed by atoms with E-state index in [0.717, 1.165) is 41.1 Å². The predicted molar refractivity (Wildman–Crippen MR) is 179 cm³/mol. The van der Waals surface area contributed by atoms with Crippen LogP contribution >= 0.6 is 23.2 Å². The monoisotopic (exact) mass is 663 g/mol. The molecule has 4 aromatic rings. The van der Waals surface area contributed by atoms with Gasteiger partial charge < -0.3 is 10.2 Å². The molecule has 5 rings (SSSR count). The summed E-state index contributed by atoms with van der Waals surface area (Å²) in [6.45, 7) is -0.479. The summed E-state index contributed by atoms with van der Waals surface area (Å²) in [6.07, 6.45) is 4.09. The second kappa shape index (κ2) is 15.0. The number of nitrogens with zero attached hydrogens (tertiary/aromatic N) is 2. The number of benzene rings is 4. The van der Waals surface area contributed by atoms with Gasteiger partial charge in [-0.3, -0.25) is 13.9 Å². The van der Waals surface area contributed by atoms with Crippen LogP contribution in [0.5, 0.6) is 0 Å². The highest BCUT2D eigenvalue weighted by Gasteiger charge is 2.35. The molecule has 7 nitrogen and oxygen atoms in total. The molecule has 1 atom stereocenters. The molecule has 0 unspecified atom stereocenters. The number of halogens is 2. The number of amides is 2. The molecule has 1 aliphatic rings. The second-order valence-electron chi connectivity index (χ2n) is 11.1. The number of sulfonamides is 1. The quantitative estimate of drug-likeness (QED) is 0.179. The summed E-state index contributed by atoms with van der Waals surface area (Å²) in [5.74, 6) is -0.805. The molecule has 0 heterocycles. The van der Waals surface area contributed by atoms with Crippen molar-refractivity contribution in [2.24, 2.45) is 0 Å².